The first-order valence-electron chi connectivity index (χ1n) is 6.19. The number of nitrogens with two attached hydrogens (primary N) is 1. The Labute approximate surface area is 110 Å². The van der Waals surface area contributed by atoms with Gasteiger partial charge in [0.2, 0.25) is 0 Å². The van der Waals surface area contributed by atoms with Crippen LogP contribution < -0.4 is 5.73 Å². The number of fused-ring (bicyclic) bond motifs is 1. The lowest BCUT2D eigenvalue weighted by atomic mass is 10.1. The van der Waals surface area contributed by atoms with E-state index in [9.17, 15) is 4.39 Å². The fraction of sp³-hybridized carbons (Fsp3) is 0.133. The lowest BCUT2D eigenvalue weighted by Crippen LogP contribution is -2.00. The van der Waals surface area contributed by atoms with E-state index in [1.807, 2.05) is 34.9 Å². The molecule has 2 aromatic heterocycles. The molecule has 0 unspecified atom stereocenters. The summed E-state index contributed by atoms with van der Waals surface area (Å²) in [6.07, 6.45) is 5.01. The van der Waals surface area contributed by atoms with Crippen LogP contribution >= 0.6 is 0 Å². The summed E-state index contributed by atoms with van der Waals surface area (Å²) < 4.78 is 15.5. The lowest BCUT2D eigenvalue weighted by Gasteiger charge is -2.03. The maximum Gasteiger partial charge on any atom is 0.126 e. The number of benzene rings is 1. The Bertz CT molecular complexity index is 718. The minimum atomic E-state index is -0.160. The zero-order chi connectivity index (χ0) is 13.2. The van der Waals surface area contributed by atoms with Crippen LogP contribution in [0.2, 0.25) is 0 Å². The van der Waals surface area contributed by atoms with E-state index in [0.29, 0.717) is 18.5 Å². The highest BCUT2D eigenvalue weighted by Crippen LogP contribution is 2.14. The van der Waals surface area contributed by atoms with Gasteiger partial charge in [-0.3, -0.25) is 0 Å². The van der Waals surface area contributed by atoms with E-state index >= 15 is 0 Å². The van der Waals surface area contributed by atoms with Crippen molar-refractivity contribution < 1.29 is 4.39 Å². The van der Waals surface area contributed by atoms with Gasteiger partial charge in [-0.2, -0.15) is 0 Å². The van der Waals surface area contributed by atoms with Crippen LogP contribution in [0.3, 0.4) is 0 Å². The van der Waals surface area contributed by atoms with Gasteiger partial charge in [0.1, 0.15) is 11.6 Å². The minimum absolute atomic E-state index is 0.160. The number of halogens is 1. The van der Waals surface area contributed by atoms with Crippen molar-refractivity contribution in [3.63, 3.8) is 0 Å². The molecule has 0 bridgehead atoms. The first-order valence-corrected chi connectivity index (χ1v) is 6.19. The molecule has 96 valence electrons. The second kappa shape index (κ2) is 4.72. The molecule has 3 aromatic rings. The molecular weight excluding hydrogens is 241 g/mol. The highest BCUT2D eigenvalue weighted by Gasteiger charge is 2.06. The average molecular weight is 255 g/mol. The van der Waals surface area contributed by atoms with E-state index in [2.05, 4.69) is 4.98 Å². The maximum absolute atomic E-state index is 13.5. The van der Waals surface area contributed by atoms with E-state index in [1.165, 1.54) is 6.07 Å². The van der Waals surface area contributed by atoms with Crippen molar-refractivity contribution in [3.8, 4) is 0 Å². The smallest absolute Gasteiger partial charge is 0.126 e. The normalized spacial score (nSPS) is 11.0. The molecule has 2 heterocycles. The SMILES string of the molecule is Nc1ccn2c(CCc3ccccc3F)ncc2c1. The Hall–Kier alpha value is -2.36. The van der Waals surface area contributed by atoms with Gasteiger partial charge >= 0.3 is 0 Å². The highest BCUT2D eigenvalue weighted by atomic mass is 19.1. The number of aryl methyl sites for hydroxylation is 2. The van der Waals surface area contributed by atoms with Crippen molar-refractivity contribution in [1.82, 2.24) is 9.38 Å². The lowest BCUT2D eigenvalue weighted by molar-refractivity contribution is 0.607. The van der Waals surface area contributed by atoms with E-state index in [-0.39, 0.29) is 5.82 Å². The van der Waals surface area contributed by atoms with E-state index in [1.54, 1.807) is 12.3 Å². The fourth-order valence-electron chi connectivity index (χ4n) is 2.21. The van der Waals surface area contributed by atoms with Gasteiger partial charge in [0.05, 0.1) is 11.7 Å². The number of anilines is 1. The molecule has 0 radical (unpaired) electrons. The average Bonchev–Trinajstić information content (AvgIpc) is 2.80. The molecule has 0 aliphatic heterocycles. The van der Waals surface area contributed by atoms with Crippen molar-refractivity contribution in [3.05, 3.63) is 66.0 Å². The number of hydrogen-bond donors (Lipinski definition) is 1. The molecule has 3 nitrogen and oxygen atoms in total. The molecule has 0 aliphatic rings. The molecule has 0 saturated carbocycles. The second-order valence-corrected chi connectivity index (χ2v) is 4.52. The van der Waals surface area contributed by atoms with Gasteiger partial charge < -0.3 is 10.1 Å². The third-order valence-electron chi connectivity index (χ3n) is 3.21. The number of nitrogens with zero attached hydrogens (tertiary/aromatic N) is 2. The summed E-state index contributed by atoms with van der Waals surface area (Å²) in [7, 11) is 0. The van der Waals surface area contributed by atoms with Gasteiger partial charge in [-0.15, -0.1) is 0 Å². The number of pyridine rings is 1. The van der Waals surface area contributed by atoms with Crippen molar-refractivity contribution in [2.45, 2.75) is 12.8 Å². The van der Waals surface area contributed by atoms with Crippen LogP contribution in [-0.2, 0) is 12.8 Å². The molecule has 0 amide bonds. The molecule has 0 aliphatic carbocycles. The Morgan fingerprint density at radius 2 is 2.00 bits per heavy atom. The Kier molecular flexibility index (Phi) is 2.91. The molecule has 4 heteroatoms. The largest absolute Gasteiger partial charge is 0.399 e. The molecule has 0 fully saturated rings. The standard InChI is InChI=1S/C15H14FN3/c16-14-4-2-1-3-11(14)5-6-15-18-10-13-9-12(17)7-8-19(13)15/h1-4,7-10H,5-6,17H2. The Morgan fingerprint density at radius 1 is 1.16 bits per heavy atom. The monoisotopic (exact) mass is 255 g/mol. The molecule has 0 saturated heterocycles. The molecule has 0 spiro atoms. The first-order chi connectivity index (χ1) is 9.24. The highest BCUT2D eigenvalue weighted by molar-refractivity contribution is 5.55. The van der Waals surface area contributed by atoms with Crippen LogP contribution in [0.25, 0.3) is 5.52 Å². The van der Waals surface area contributed by atoms with E-state index in [0.717, 1.165) is 16.9 Å². The van der Waals surface area contributed by atoms with Crippen molar-refractivity contribution >= 4 is 11.2 Å². The van der Waals surface area contributed by atoms with Crippen molar-refractivity contribution in [1.29, 1.82) is 0 Å². The van der Waals surface area contributed by atoms with Crippen LogP contribution in [0.4, 0.5) is 10.1 Å². The molecule has 3 rings (SSSR count). The van der Waals surface area contributed by atoms with Crippen LogP contribution in [-0.4, -0.2) is 9.38 Å². The summed E-state index contributed by atoms with van der Waals surface area (Å²) in [4.78, 5) is 4.37. The van der Waals surface area contributed by atoms with Crippen LogP contribution in [0, 0.1) is 5.82 Å². The van der Waals surface area contributed by atoms with Crippen molar-refractivity contribution in [2.75, 3.05) is 5.73 Å². The van der Waals surface area contributed by atoms with Crippen molar-refractivity contribution in [2.24, 2.45) is 0 Å². The summed E-state index contributed by atoms with van der Waals surface area (Å²) in [5.41, 5.74) is 8.12. The predicted molar refractivity (Wildman–Crippen MR) is 73.4 cm³/mol. The van der Waals surface area contributed by atoms with Gasteiger partial charge in [0, 0.05) is 18.3 Å². The fourth-order valence-corrected chi connectivity index (χ4v) is 2.21. The summed E-state index contributed by atoms with van der Waals surface area (Å²) in [5, 5.41) is 0. The van der Waals surface area contributed by atoms with Crippen LogP contribution in [0.5, 0.6) is 0 Å². The molecule has 2 N–H and O–H groups in total. The number of rotatable bonds is 3. The Morgan fingerprint density at radius 3 is 2.84 bits per heavy atom. The van der Waals surface area contributed by atoms with Gasteiger partial charge in [-0.05, 0) is 30.2 Å². The summed E-state index contributed by atoms with van der Waals surface area (Å²) in [6, 6.07) is 10.6. The number of nitrogen functional groups attached to an aromatic ring is 1. The van der Waals surface area contributed by atoms with Crippen LogP contribution in [0.15, 0.2) is 48.8 Å². The van der Waals surface area contributed by atoms with E-state index < -0.39 is 0 Å². The summed E-state index contributed by atoms with van der Waals surface area (Å²) in [5.74, 6) is 0.755. The topological polar surface area (TPSA) is 43.3 Å². The first kappa shape index (κ1) is 11.7. The molecule has 19 heavy (non-hydrogen) atoms. The molecule has 0 atom stereocenters. The van der Waals surface area contributed by atoms with E-state index in [4.69, 9.17) is 5.73 Å². The second-order valence-electron chi connectivity index (χ2n) is 4.52. The molecular formula is C15H14FN3. The maximum atomic E-state index is 13.5. The summed E-state index contributed by atoms with van der Waals surface area (Å²) in [6.45, 7) is 0. The number of hydrogen-bond acceptors (Lipinski definition) is 2. The van der Waals surface area contributed by atoms with Gasteiger partial charge in [0.25, 0.3) is 0 Å². The summed E-state index contributed by atoms with van der Waals surface area (Å²) >= 11 is 0. The van der Waals surface area contributed by atoms with Crippen LogP contribution in [0.1, 0.15) is 11.4 Å². The third kappa shape index (κ3) is 2.29. The predicted octanol–water partition coefficient (Wildman–Crippen LogP) is 2.84. The third-order valence-corrected chi connectivity index (χ3v) is 3.21. The number of aromatic nitrogens is 2. The van der Waals surface area contributed by atoms with Gasteiger partial charge in [0.15, 0.2) is 0 Å². The Balaban J connectivity index is 1.84. The zero-order valence-electron chi connectivity index (χ0n) is 10.4. The van der Waals surface area contributed by atoms with Gasteiger partial charge in [-0.1, -0.05) is 18.2 Å². The molecule has 1 aromatic carbocycles. The van der Waals surface area contributed by atoms with Gasteiger partial charge in [-0.25, -0.2) is 9.37 Å². The quantitative estimate of drug-likeness (QED) is 0.782. The number of imidazole rings is 1. The zero-order valence-corrected chi connectivity index (χ0v) is 10.4. The minimum Gasteiger partial charge on any atom is -0.399 e.